The number of aryl methyl sites for hydroxylation is 1. The Kier molecular flexibility index (Phi) is 6.97. The van der Waals surface area contributed by atoms with Crippen LogP contribution in [0.25, 0.3) is 0 Å². The molecule has 2 unspecified atom stereocenters. The van der Waals surface area contributed by atoms with Gasteiger partial charge in [0.05, 0.1) is 6.04 Å². The van der Waals surface area contributed by atoms with Crippen LogP contribution in [0, 0.1) is 6.92 Å². The fourth-order valence-corrected chi connectivity index (χ4v) is 5.50. The average Bonchev–Trinajstić information content (AvgIpc) is 2.97. The van der Waals surface area contributed by atoms with Crippen LogP contribution in [-0.2, 0) is 4.79 Å². The molecule has 116 valence electrons. The molecular weight excluding hydrogens is 298 g/mol. The highest BCUT2D eigenvalue weighted by Crippen LogP contribution is 2.39. The maximum atomic E-state index is 12.0. The molecule has 0 bridgehead atoms. The molecule has 1 fully saturated rings. The normalized spacial score (nSPS) is 19.4. The Bertz CT molecular complexity index is 441. The van der Waals surface area contributed by atoms with E-state index in [1.54, 1.807) is 0 Å². The molecule has 4 heteroatoms. The van der Waals surface area contributed by atoms with E-state index < -0.39 is 0 Å². The molecule has 2 rings (SSSR count). The first kappa shape index (κ1) is 16.8. The van der Waals surface area contributed by atoms with E-state index in [1.165, 1.54) is 36.1 Å². The maximum absolute atomic E-state index is 12.0. The van der Waals surface area contributed by atoms with Crippen molar-refractivity contribution in [3.05, 3.63) is 35.4 Å². The fraction of sp³-hybridized carbons (Fsp3) is 0.588. The quantitative estimate of drug-likeness (QED) is 0.572. The number of nitrogens with one attached hydrogen (secondary N) is 1. The monoisotopic (exact) mass is 323 g/mol. The molecule has 1 saturated heterocycles. The second-order valence-electron chi connectivity index (χ2n) is 5.77. The number of hydrogen-bond donors (Lipinski definition) is 1. The van der Waals surface area contributed by atoms with Gasteiger partial charge >= 0.3 is 0 Å². The van der Waals surface area contributed by atoms with Gasteiger partial charge in [-0.3, -0.25) is 4.79 Å². The Hall–Kier alpha value is -0.610. The molecule has 2 nitrogen and oxygen atoms in total. The first-order chi connectivity index (χ1) is 10.1. The van der Waals surface area contributed by atoms with E-state index in [1.807, 2.05) is 21.6 Å². The molecule has 1 aromatic carbocycles. The maximum Gasteiger partial charge on any atom is 0.220 e. The van der Waals surface area contributed by atoms with E-state index in [0.29, 0.717) is 6.42 Å². The molecule has 0 radical (unpaired) electrons. The summed E-state index contributed by atoms with van der Waals surface area (Å²) in [6.45, 7) is 4.13. The number of rotatable bonds is 7. The molecule has 0 spiro atoms. The molecule has 1 aromatic rings. The molecule has 0 aliphatic carbocycles. The number of carbonyl (C=O) groups is 1. The lowest BCUT2D eigenvalue weighted by molar-refractivity contribution is -0.121. The minimum atomic E-state index is 0.0971. The first-order valence-corrected chi connectivity index (χ1v) is 10.2. The molecular formula is C17H25NOS2. The number of unbranched alkanes of at least 4 members (excludes halogenated alkanes) is 1. The molecule has 0 saturated carbocycles. The molecule has 1 aliphatic heterocycles. The first-order valence-electron chi connectivity index (χ1n) is 7.79. The minimum Gasteiger partial charge on any atom is -0.350 e. The smallest absolute Gasteiger partial charge is 0.220 e. The second kappa shape index (κ2) is 8.74. The van der Waals surface area contributed by atoms with Gasteiger partial charge in [0.2, 0.25) is 5.91 Å². The van der Waals surface area contributed by atoms with Crippen molar-refractivity contribution in [2.24, 2.45) is 0 Å². The second-order valence-corrected chi connectivity index (χ2v) is 8.56. The van der Waals surface area contributed by atoms with Gasteiger partial charge in [0.25, 0.3) is 0 Å². The van der Waals surface area contributed by atoms with Gasteiger partial charge in [0, 0.05) is 17.4 Å². The van der Waals surface area contributed by atoms with Gasteiger partial charge in [-0.2, -0.15) is 0 Å². The van der Waals surface area contributed by atoms with Crippen molar-refractivity contribution in [3.63, 3.8) is 0 Å². The van der Waals surface area contributed by atoms with E-state index in [2.05, 4.69) is 43.4 Å². The van der Waals surface area contributed by atoms with Crippen LogP contribution in [0.2, 0.25) is 0 Å². The van der Waals surface area contributed by atoms with Crippen molar-refractivity contribution in [1.29, 1.82) is 0 Å². The van der Waals surface area contributed by atoms with E-state index in [9.17, 15) is 4.79 Å². The van der Waals surface area contributed by atoms with Gasteiger partial charge in [0.15, 0.2) is 0 Å². The van der Waals surface area contributed by atoms with Crippen molar-refractivity contribution in [2.45, 2.75) is 57.2 Å². The SMILES string of the molecule is Cc1ccc(C(C)NC(=O)CCCCC2CCSS2)cc1. The number of hydrogen-bond acceptors (Lipinski definition) is 3. The van der Waals surface area contributed by atoms with Crippen molar-refractivity contribution >= 4 is 27.5 Å². The van der Waals surface area contributed by atoms with Crippen LogP contribution in [-0.4, -0.2) is 16.9 Å². The van der Waals surface area contributed by atoms with Gasteiger partial charge in [-0.15, -0.1) is 0 Å². The summed E-state index contributed by atoms with van der Waals surface area (Å²) < 4.78 is 0. The summed E-state index contributed by atoms with van der Waals surface area (Å²) in [6.07, 6.45) is 5.43. The van der Waals surface area contributed by atoms with Gasteiger partial charge in [-0.25, -0.2) is 0 Å². The molecule has 1 N–H and O–H groups in total. The predicted octanol–water partition coefficient (Wildman–Crippen LogP) is 4.89. The Morgan fingerprint density at radius 2 is 2.10 bits per heavy atom. The zero-order valence-electron chi connectivity index (χ0n) is 12.9. The molecule has 0 aromatic heterocycles. The standard InChI is InChI=1S/C17H25NOS2/c1-13-7-9-15(10-8-13)14(2)18-17(19)6-4-3-5-16-11-12-20-21-16/h7-10,14,16H,3-6,11-12H2,1-2H3,(H,18,19). The molecule has 1 aliphatic rings. The van der Waals surface area contributed by atoms with Gasteiger partial charge in [0.1, 0.15) is 0 Å². The van der Waals surface area contributed by atoms with Crippen LogP contribution in [0.4, 0.5) is 0 Å². The summed E-state index contributed by atoms with van der Waals surface area (Å²) in [5.41, 5.74) is 2.42. The summed E-state index contributed by atoms with van der Waals surface area (Å²) in [7, 11) is 4.02. The Labute approximate surface area is 136 Å². The Morgan fingerprint density at radius 3 is 2.76 bits per heavy atom. The topological polar surface area (TPSA) is 29.1 Å². The van der Waals surface area contributed by atoms with Crippen LogP contribution in [0.3, 0.4) is 0 Å². The third-order valence-electron chi connectivity index (χ3n) is 3.86. The van der Waals surface area contributed by atoms with Gasteiger partial charge in [-0.05, 0) is 38.7 Å². The van der Waals surface area contributed by atoms with E-state index >= 15 is 0 Å². The van der Waals surface area contributed by atoms with E-state index in [0.717, 1.165) is 11.7 Å². The van der Waals surface area contributed by atoms with Crippen molar-refractivity contribution in [3.8, 4) is 0 Å². The largest absolute Gasteiger partial charge is 0.350 e. The summed E-state index contributed by atoms with van der Waals surface area (Å²) in [4.78, 5) is 12.0. The predicted molar refractivity (Wildman–Crippen MR) is 94.7 cm³/mol. The van der Waals surface area contributed by atoms with E-state index in [4.69, 9.17) is 0 Å². The van der Waals surface area contributed by atoms with Gasteiger partial charge < -0.3 is 5.32 Å². The van der Waals surface area contributed by atoms with Crippen LogP contribution < -0.4 is 5.32 Å². The summed E-state index contributed by atoms with van der Waals surface area (Å²) in [5, 5.41) is 3.92. The molecule has 2 atom stereocenters. The average molecular weight is 324 g/mol. The lowest BCUT2D eigenvalue weighted by Crippen LogP contribution is -2.26. The number of benzene rings is 1. The van der Waals surface area contributed by atoms with Crippen molar-refractivity contribution < 1.29 is 4.79 Å². The third-order valence-corrected chi connectivity index (χ3v) is 6.87. The van der Waals surface area contributed by atoms with Crippen LogP contribution in [0.15, 0.2) is 24.3 Å². The Morgan fingerprint density at radius 1 is 1.33 bits per heavy atom. The van der Waals surface area contributed by atoms with Crippen LogP contribution in [0.5, 0.6) is 0 Å². The van der Waals surface area contributed by atoms with Crippen molar-refractivity contribution in [1.82, 2.24) is 5.32 Å². The lowest BCUT2D eigenvalue weighted by atomic mass is 10.1. The van der Waals surface area contributed by atoms with Crippen molar-refractivity contribution in [2.75, 3.05) is 5.75 Å². The van der Waals surface area contributed by atoms with Gasteiger partial charge in [-0.1, -0.05) is 57.8 Å². The Balaban J connectivity index is 1.63. The van der Waals surface area contributed by atoms with E-state index in [-0.39, 0.29) is 11.9 Å². The van der Waals surface area contributed by atoms with Crippen LogP contribution in [0.1, 0.15) is 56.2 Å². The summed E-state index contributed by atoms with van der Waals surface area (Å²) >= 11 is 0. The number of amides is 1. The summed E-state index contributed by atoms with van der Waals surface area (Å²) in [5.74, 6) is 1.47. The zero-order chi connectivity index (χ0) is 15.1. The highest BCUT2D eigenvalue weighted by Gasteiger charge is 2.16. The summed E-state index contributed by atoms with van der Waals surface area (Å²) in [6, 6.07) is 8.47. The number of carbonyl (C=O) groups excluding carboxylic acids is 1. The molecule has 1 amide bonds. The molecule has 1 heterocycles. The lowest BCUT2D eigenvalue weighted by Gasteiger charge is -2.14. The highest BCUT2D eigenvalue weighted by molar-refractivity contribution is 8.77. The van der Waals surface area contributed by atoms with Crippen LogP contribution >= 0.6 is 21.6 Å². The highest BCUT2D eigenvalue weighted by atomic mass is 33.1. The minimum absolute atomic E-state index is 0.0971. The third kappa shape index (κ3) is 5.95. The zero-order valence-corrected chi connectivity index (χ0v) is 14.6. The fourth-order valence-electron chi connectivity index (χ4n) is 2.47. The molecule has 21 heavy (non-hydrogen) atoms.